The molecule has 4 aromatic rings. The Bertz CT molecular complexity index is 1520. The maximum absolute atomic E-state index is 13.6. The first-order valence-electron chi connectivity index (χ1n) is 14.4. The van der Waals surface area contributed by atoms with Crippen LogP contribution in [0.15, 0.2) is 72.8 Å². The lowest BCUT2D eigenvalue weighted by Crippen LogP contribution is -2.49. The number of carbonyl (C=O) groups is 1. The van der Waals surface area contributed by atoms with Gasteiger partial charge in [-0.25, -0.2) is 0 Å². The highest BCUT2D eigenvalue weighted by molar-refractivity contribution is 6.31. The quantitative estimate of drug-likeness (QED) is 0.300. The van der Waals surface area contributed by atoms with Crippen LogP contribution in [0, 0.1) is 0 Å². The van der Waals surface area contributed by atoms with E-state index in [-0.39, 0.29) is 5.91 Å². The summed E-state index contributed by atoms with van der Waals surface area (Å²) in [4.78, 5) is 22.4. The van der Waals surface area contributed by atoms with Crippen molar-refractivity contribution in [3.8, 4) is 11.5 Å². The lowest BCUT2D eigenvalue weighted by Gasteiger charge is -2.37. The molecular weight excluding hydrogens is 552 g/mol. The number of aromatic nitrogens is 2. The normalized spacial score (nSPS) is 16.1. The van der Waals surface area contributed by atoms with E-state index in [0.29, 0.717) is 30.4 Å². The predicted octanol–water partition coefficient (Wildman–Crippen LogP) is 4.46. The zero-order chi connectivity index (χ0) is 28.9. The van der Waals surface area contributed by atoms with Gasteiger partial charge < -0.3 is 24.2 Å². The van der Waals surface area contributed by atoms with Gasteiger partial charge >= 0.3 is 0 Å². The summed E-state index contributed by atoms with van der Waals surface area (Å²) in [7, 11) is 1.68. The molecule has 0 spiro atoms. The van der Waals surface area contributed by atoms with Crippen LogP contribution >= 0.6 is 11.6 Å². The number of nitrogens with zero attached hydrogens (tertiary/aromatic N) is 6. The number of amides is 1. The minimum absolute atomic E-state index is 0.0664. The summed E-state index contributed by atoms with van der Waals surface area (Å²) in [5, 5.41) is 11.6. The van der Waals surface area contributed by atoms with Gasteiger partial charge in [0.1, 0.15) is 18.1 Å². The number of para-hydroxylation sites is 1. The minimum Gasteiger partial charge on any atom is -0.495 e. The predicted molar refractivity (Wildman–Crippen MR) is 166 cm³/mol. The summed E-state index contributed by atoms with van der Waals surface area (Å²) >= 11 is 6.28. The third-order valence-electron chi connectivity index (χ3n) is 8.01. The molecular formula is C32H35ClN6O3. The van der Waals surface area contributed by atoms with Crippen LogP contribution in [0.1, 0.15) is 10.5 Å². The number of piperazine rings is 2. The monoisotopic (exact) mass is 586 g/mol. The number of anilines is 2. The molecule has 9 nitrogen and oxygen atoms in total. The van der Waals surface area contributed by atoms with Crippen LogP contribution in [-0.4, -0.2) is 98.5 Å². The third kappa shape index (κ3) is 6.07. The standard InChI is InChI=1S/C32H35ClN6O3/c1-41-29-12-11-24(33)23-28(29)37-17-19-38(20-18-37)31-27-10-6-5-9-26(27)30(34-35-31)32(40)39-15-13-36(14-16-39)21-22-42-25-7-3-2-4-8-25/h2-12,23H,13-22H2,1H3. The fourth-order valence-electron chi connectivity index (χ4n) is 5.68. The summed E-state index contributed by atoms with van der Waals surface area (Å²) in [6, 6.07) is 23.5. The average molecular weight is 587 g/mol. The molecule has 0 atom stereocenters. The topological polar surface area (TPSA) is 74.3 Å². The van der Waals surface area contributed by atoms with Crippen LogP contribution in [0.4, 0.5) is 11.5 Å². The van der Waals surface area contributed by atoms with Crippen molar-refractivity contribution >= 4 is 39.8 Å². The molecule has 2 fully saturated rings. The van der Waals surface area contributed by atoms with Crippen molar-refractivity contribution in [3.63, 3.8) is 0 Å². The molecule has 0 N–H and O–H groups in total. The van der Waals surface area contributed by atoms with Gasteiger partial charge in [0, 0.05) is 74.7 Å². The van der Waals surface area contributed by atoms with Gasteiger partial charge in [-0.2, -0.15) is 0 Å². The van der Waals surface area contributed by atoms with Crippen molar-refractivity contribution in [1.82, 2.24) is 20.0 Å². The van der Waals surface area contributed by atoms with Crippen molar-refractivity contribution in [2.24, 2.45) is 0 Å². The first kappa shape index (κ1) is 28.1. The summed E-state index contributed by atoms with van der Waals surface area (Å²) in [6.45, 7) is 7.44. The lowest BCUT2D eigenvalue weighted by atomic mass is 10.1. The molecule has 2 saturated heterocycles. The van der Waals surface area contributed by atoms with E-state index in [4.69, 9.17) is 21.1 Å². The van der Waals surface area contributed by atoms with E-state index in [1.807, 2.05) is 77.7 Å². The number of carbonyl (C=O) groups excluding carboxylic acids is 1. The number of rotatable bonds is 8. The zero-order valence-corrected chi connectivity index (χ0v) is 24.5. The zero-order valence-electron chi connectivity index (χ0n) is 23.8. The molecule has 0 radical (unpaired) electrons. The Hall–Kier alpha value is -4.08. The Balaban J connectivity index is 1.10. The van der Waals surface area contributed by atoms with Gasteiger partial charge in [-0.3, -0.25) is 9.69 Å². The molecule has 0 saturated carbocycles. The minimum atomic E-state index is -0.0664. The molecule has 42 heavy (non-hydrogen) atoms. The number of hydrogen-bond acceptors (Lipinski definition) is 8. The molecule has 3 heterocycles. The molecule has 6 rings (SSSR count). The van der Waals surface area contributed by atoms with Gasteiger partial charge in [0.15, 0.2) is 11.5 Å². The van der Waals surface area contributed by atoms with E-state index in [1.54, 1.807) is 7.11 Å². The number of hydrogen-bond donors (Lipinski definition) is 0. The highest BCUT2D eigenvalue weighted by Crippen LogP contribution is 2.33. The molecule has 0 aliphatic carbocycles. The van der Waals surface area contributed by atoms with Crippen molar-refractivity contribution in [3.05, 3.63) is 83.5 Å². The van der Waals surface area contributed by atoms with Crippen molar-refractivity contribution in [1.29, 1.82) is 0 Å². The number of ether oxygens (including phenoxy) is 2. The summed E-state index contributed by atoms with van der Waals surface area (Å²) in [5.74, 6) is 2.43. The van der Waals surface area contributed by atoms with E-state index in [9.17, 15) is 4.79 Å². The molecule has 2 aliphatic heterocycles. The van der Waals surface area contributed by atoms with Crippen molar-refractivity contribution in [2.45, 2.75) is 0 Å². The first-order valence-corrected chi connectivity index (χ1v) is 14.8. The van der Waals surface area contributed by atoms with Gasteiger partial charge in [-0.05, 0) is 30.3 Å². The van der Waals surface area contributed by atoms with E-state index in [1.165, 1.54) is 0 Å². The maximum Gasteiger partial charge on any atom is 0.275 e. The molecule has 10 heteroatoms. The average Bonchev–Trinajstić information content (AvgIpc) is 3.05. The molecule has 0 unspecified atom stereocenters. The number of halogens is 1. The SMILES string of the molecule is COc1ccc(Cl)cc1N1CCN(c2nnc(C(=O)N3CCN(CCOc4ccccc4)CC3)c3ccccc23)CC1. The van der Waals surface area contributed by atoms with Gasteiger partial charge in [0.2, 0.25) is 0 Å². The van der Waals surface area contributed by atoms with E-state index < -0.39 is 0 Å². The lowest BCUT2D eigenvalue weighted by molar-refractivity contribution is 0.0615. The van der Waals surface area contributed by atoms with E-state index in [0.717, 1.165) is 79.6 Å². The van der Waals surface area contributed by atoms with Crippen LogP contribution in [0.25, 0.3) is 10.8 Å². The van der Waals surface area contributed by atoms with Crippen LogP contribution in [0.3, 0.4) is 0 Å². The maximum atomic E-state index is 13.6. The summed E-state index contributed by atoms with van der Waals surface area (Å²) in [6.07, 6.45) is 0. The Labute approximate surface area is 251 Å². The molecule has 2 aliphatic rings. The smallest absolute Gasteiger partial charge is 0.275 e. The van der Waals surface area contributed by atoms with Crippen molar-refractivity contribution in [2.75, 3.05) is 82.4 Å². The Morgan fingerprint density at radius 2 is 1.50 bits per heavy atom. The molecule has 1 aromatic heterocycles. The number of benzene rings is 3. The van der Waals surface area contributed by atoms with Crippen LogP contribution < -0.4 is 19.3 Å². The summed E-state index contributed by atoms with van der Waals surface area (Å²) in [5.41, 5.74) is 1.41. The highest BCUT2D eigenvalue weighted by atomic mass is 35.5. The Morgan fingerprint density at radius 1 is 0.810 bits per heavy atom. The van der Waals surface area contributed by atoms with Gasteiger partial charge in [-0.15, -0.1) is 10.2 Å². The summed E-state index contributed by atoms with van der Waals surface area (Å²) < 4.78 is 11.4. The number of methoxy groups -OCH3 is 1. The van der Waals surface area contributed by atoms with Crippen molar-refractivity contribution < 1.29 is 14.3 Å². The van der Waals surface area contributed by atoms with Gasteiger partial charge in [-0.1, -0.05) is 54.1 Å². The molecule has 3 aromatic carbocycles. The number of fused-ring (bicyclic) bond motifs is 1. The van der Waals surface area contributed by atoms with Gasteiger partial charge in [0.25, 0.3) is 5.91 Å². The van der Waals surface area contributed by atoms with E-state index in [2.05, 4.69) is 24.9 Å². The highest BCUT2D eigenvalue weighted by Gasteiger charge is 2.27. The molecule has 0 bridgehead atoms. The van der Waals surface area contributed by atoms with Crippen LogP contribution in [-0.2, 0) is 0 Å². The first-order chi connectivity index (χ1) is 20.6. The molecule has 218 valence electrons. The van der Waals surface area contributed by atoms with Crippen LogP contribution in [0.5, 0.6) is 11.5 Å². The fraction of sp³-hybridized carbons (Fsp3) is 0.344. The second-order valence-corrected chi connectivity index (χ2v) is 10.9. The Morgan fingerprint density at radius 3 is 2.24 bits per heavy atom. The second-order valence-electron chi connectivity index (χ2n) is 10.5. The molecule has 1 amide bonds. The largest absolute Gasteiger partial charge is 0.495 e. The van der Waals surface area contributed by atoms with E-state index >= 15 is 0 Å². The Kier molecular flexibility index (Phi) is 8.58. The van der Waals surface area contributed by atoms with Crippen LogP contribution in [0.2, 0.25) is 5.02 Å². The second kappa shape index (κ2) is 12.8. The van der Waals surface area contributed by atoms with Gasteiger partial charge in [0.05, 0.1) is 12.8 Å². The third-order valence-corrected chi connectivity index (χ3v) is 8.25. The fourth-order valence-corrected chi connectivity index (χ4v) is 5.85.